The first-order valence-electron chi connectivity index (χ1n) is 7.36. The summed E-state index contributed by atoms with van der Waals surface area (Å²) in [5, 5.41) is 12.9. The second kappa shape index (κ2) is 6.12. The standard InChI is InChI=1S/C16H15N3O4S/c1-9-6-11(7-14-15(20)17-16(21)24-14)10(2)18(9)12-4-3-5-13(8-12)19(22)23/h4,6-8H,3,5H2,1-2H3,(H,17,20,21)/b14-7-. The molecule has 24 heavy (non-hydrogen) atoms. The first-order chi connectivity index (χ1) is 11.4. The van der Waals surface area contributed by atoms with E-state index in [1.54, 1.807) is 12.2 Å². The zero-order valence-electron chi connectivity index (χ0n) is 13.2. The first kappa shape index (κ1) is 16.3. The molecule has 0 saturated carbocycles. The highest BCUT2D eigenvalue weighted by atomic mass is 32.2. The summed E-state index contributed by atoms with van der Waals surface area (Å²) in [5.41, 5.74) is 3.52. The zero-order chi connectivity index (χ0) is 17.4. The van der Waals surface area contributed by atoms with Crippen LogP contribution in [0, 0.1) is 24.0 Å². The van der Waals surface area contributed by atoms with Crippen LogP contribution in [0.1, 0.15) is 29.8 Å². The van der Waals surface area contributed by atoms with Crippen molar-refractivity contribution in [2.75, 3.05) is 0 Å². The lowest BCUT2D eigenvalue weighted by molar-refractivity contribution is -0.427. The summed E-state index contributed by atoms with van der Waals surface area (Å²) >= 11 is 0.869. The third-order valence-electron chi connectivity index (χ3n) is 3.96. The Labute approximate surface area is 142 Å². The predicted molar refractivity (Wildman–Crippen MR) is 91.6 cm³/mol. The van der Waals surface area contributed by atoms with Crippen LogP contribution >= 0.6 is 11.8 Å². The van der Waals surface area contributed by atoms with E-state index in [0.717, 1.165) is 34.4 Å². The Balaban J connectivity index is 2.01. The summed E-state index contributed by atoms with van der Waals surface area (Å²) in [5.74, 6) is -0.401. The fourth-order valence-corrected chi connectivity index (χ4v) is 3.54. The Hall–Kier alpha value is -2.61. The van der Waals surface area contributed by atoms with Crippen molar-refractivity contribution in [2.24, 2.45) is 0 Å². The van der Waals surface area contributed by atoms with E-state index in [1.807, 2.05) is 30.6 Å². The van der Waals surface area contributed by atoms with Crippen molar-refractivity contribution in [3.05, 3.63) is 55.9 Å². The van der Waals surface area contributed by atoms with Gasteiger partial charge in [0.05, 0.1) is 9.83 Å². The van der Waals surface area contributed by atoms with E-state index in [-0.39, 0.29) is 15.9 Å². The molecule has 2 heterocycles. The van der Waals surface area contributed by atoms with E-state index in [9.17, 15) is 19.7 Å². The Morgan fingerprint density at radius 2 is 2.12 bits per heavy atom. The van der Waals surface area contributed by atoms with Crippen LogP contribution in [0.2, 0.25) is 0 Å². The summed E-state index contributed by atoms with van der Waals surface area (Å²) in [7, 11) is 0. The molecule has 3 rings (SSSR count). The van der Waals surface area contributed by atoms with Crippen molar-refractivity contribution in [1.29, 1.82) is 0 Å². The van der Waals surface area contributed by atoms with E-state index in [4.69, 9.17) is 0 Å². The average Bonchev–Trinajstić information content (AvgIpc) is 2.98. The fourth-order valence-electron chi connectivity index (χ4n) is 2.86. The minimum Gasteiger partial charge on any atom is -0.318 e. The van der Waals surface area contributed by atoms with E-state index >= 15 is 0 Å². The molecule has 0 spiro atoms. The van der Waals surface area contributed by atoms with Crippen LogP contribution in [0.4, 0.5) is 4.79 Å². The SMILES string of the molecule is Cc1cc(/C=C2\SC(=O)NC2=O)c(C)n1C1=CCCC([N+](=O)[O-])=C1. The third kappa shape index (κ3) is 2.92. The molecular weight excluding hydrogens is 330 g/mol. The molecule has 8 heteroatoms. The molecule has 2 aliphatic rings. The van der Waals surface area contributed by atoms with E-state index in [1.165, 1.54) is 0 Å². The van der Waals surface area contributed by atoms with Crippen molar-refractivity contribution < 1.29 is 14.5 Å². The molecule has 1 aromatic rings. The number of allylic oxidation sites excluding steroid dienone is 4. The van der Waals surface area contributed by atoms with Gasteiger partial charge in [0, 0.05) is 29.6 Å². The topological polar surface area (TPSA) is 94.2 Å². The van der Waals surface area contributed by atoms with Gasteiger partial charge in [0.25, 0.3) is 11.1 Å². The molecule has 0 atom stereocenters. The lowest BCUT2D eigenvalue weighted by Gasteiger charge is -2.14. The van der Waals surface area contributed by atoms with Gasteiger partial charge in [-0.2, -0.15) is 0 Å². The molecule has 1 aliphatic carbocycles. The van der Waals surface area contributed by atoms with Gasteiger partial charge in [-0.25, -0.2) is 0 Å². The van der Waals surface area contributed by atoms with Gasteiger partial charge in [-0.3, -0.25) is 25.0 Å². The second-order valence-electron chi connectivity index (χ2n) is 5.57. The quantitative estimate of drug-likeness (QED) is 0.516. The van der Waals surface area contributed by atoms with Gasteiger partial charge in [-0.15, -0.1) is 0 Å². The average molecular weight is 345 g/mol. The largest absolute Gasteiger partial charge is 0.318 e. The molecule has 0 bridgehead atoms. The Kier molecular flexibility index (Phi) is 4.15. The summed E-state index contributed by atoms with van der Waals surface area (Å²) in [4.78, 5) is 34.0. The van der Waals surface area contributed by atoms with Gasteiger partial charge in [0.2, 0.25) is 5.70 Å². The number of rotatable bonds is 3. The third-order valence-corrected chi connectivity index (χ3v) is 4.77. The van der Waals surface area contributed by atoms with Crippen molar-refractivity contribution in [2.45, 2.75) is 26.7 Å². The van der Waals surface area contributed by atoms with Gasteiger partial charge in [-0.1, -0.05) is 6.08 Å². The summed E-state index contributed by atoms with van der Waals surface area (Å²) in [6, 6.07) is 1.90. The number of nitrogens with one attached hydrogen (secondary N) is 1. The maximum atomic E-state index is 11.7. The number of aryl methyl sites for hydroxylation is 1. The molecular formula is C16H15N3O4S. The smallest absolute Gasteiger partial charge is 0.290 e. The molecule has 7 nitrogen and oxygen atoms in total. The number of amides is 2. The van der Waals surface area contributed by atoms with Crippen LogP contribution < -0.4 is 5.32 Å². The van der Waals surface area contributed by atoms with Gasteiger partial charge >= 0.3 is 0 Å². The van der Waals surface area contributed by atoms with Crippen LogP contribution in [0.5, 0.6) is 0 Å². The molecule has 1 aliphatic heterocycles. The van der Waals surface area contributed by atoms with Crippen LogP contribution in [0.15, 0.2) is 28.8 Å². The highest BCUT2D eigenvalue weighted by Crippen LogP contribution is 2.30. The summed E-state index contributed by atoms with van der Waals surface area (Å²) in [6.45, 7) is 3.78. The molecule has 1 aromatic heterocycles. The number of hydrogen-bond donors (Lipinski definition) is 1. The van der Waals surface area contributed by atoms with Crippen LogP contribution in [0.3, 0.4) is 0 Å². The molecule has 124 valence electrons. The van der Waals surface area contributed by atoms with Gasteiger partial charge in [0.15, 0.2) is 0 Å². The minimum absolute atomic E-state index is 0.191. The summed E-state index contributed by atoms with van der Waals surface area (Å²) < 4.78 is 1.92. The van der Waals surface area contributed by atoms with Crippen LogP contribution in [0.25, 0.3) is 11.8 Å². The lowest BCUT2D eigenvalue weighted by Crippen LogP contribution is -2.17. The second-order valence-corrected chi connectivity index (χ2v) is 6.59. The van der Waals surface area contributed by atoms with Crippen molar-refractivity contribution in [3.8, 4) is 0 Å². The van der Waals surface area contributed by atoms with Crippen molar-refractivity contribution in [3.63, 3.8) is 0 Å². The normalized spacial score (nSPS) is 19.3. The van der Waals surface area contributed by atoms with Gasteiger partial charge < -0.3 is 4.57 Å². The fraction of sp³-hybridized carbons (Fsp3) is 0.250. The van der Waals surface area contributed by atoms with E-state index < -0.39 is 5.91 Å². The summed E-state index contributed by atoms with van der Waals surface area (Å²) in [6.07, 6.45) is 6.25. The Morgan fingerprint density at radius 1 is 1.38 bits per heavy atom. The number of carbonyl (C=O) groups excluding carboxylic acids is 2. The Bertz CT molecular complexity index is 861. The zero-order valence-corrected chi connectivity index (χ0v) is 14.0. The van der Waals surface area contributed by atoms with E-state index in [2.05, 4.69) is 5.32 Å². The lowest BCUT2D eigenvalue weighted by atomic mass is 10.1. The molecule has 0 unspecified atom stereocenters. The minimum atomic E-state index is -0.401. The maximum Gasteiger partial charge on any atom is 0.290 e. The monoisotopic (exact) mass is 345 g/mol. The van der Waals surface area contributed by atoms with Gasteiger partial charge in [0.1, 0.15) is 0 Å². The molecule has 1 fully saturated rings. The van der Waals surface area contributed by atoms with Crippen LogP contribution in [-0.4, -0.2) is 20.6 Å². The number of nitrogens with zero attached hydrogens (tertiary/aromatic N) is 2. The number of nitro groups is 1. The van der Waals surface area contributed by atoms with Crippen molar-refractivity contribution in [1.82, 2.24) is 9.88 Å². The van der Waals surface area contributed by atoms with E-state index in [0.29, 0.717) is 17.7 Å². The van der Waals surface area contributed by atoms with Crippen molar-refractivity contribution >= 4 is 34.7 Å². The Morgan fingerprint density at radius 3 is 2.75 bits per heavy atom. The first-order valence-corrected chi connectivity index (χ1v) is 8.18. The molecule has 2 amide bonds. The maximum absolute atomic E-state index is 11.7. The highest BCUT2D eigenvalue weighted by molar-refractivity contribution is 8.18. The number of imide groups is 1. The predicted octanol–water partition coefficient (Wildman–Crippen LogP) is 3.22. The molecule has 1 N–H and O–H groups in total. The molecule has 0 aromatic carbocycles. The molecule has 1 saturated heterocycles. The number of thioether (sulfide) groups is 1. The number of aromatic nitrogens is 1. The molecule has 0 radical (unpaired) electrons. The van der Waals surface area contributed by atoms with Gasteiger partial charge in [-0.05, 0) is 49.7 Å². The van der Waals surface area contributed by atoms with Crippen LogP contribution in [-0.2, 0) is 4.79 Å². The number of hydrogen-bond acceptors (Lipinski definition) is 5. The number of carbonyl (C=O) groups is 2. The highest BCUT2D eigenvalue weighted by Gasteiger charge is 2.26.